The van der Waals surface area contributed by atoms with Crippen molar-refractivity contribution in [2.75, 3.05) is 11.3 Å². The fourth-order valence-electron chi connectivity index (χ4n) is 4.01. The molecular formula is C25H23FN4O4S. The van der Waals surface area contributed by atoms with Crippen LogP contribution in [-0.4, -0.2) is 24.5 Å². The van der Waals surface area contributed by atoms with Crippen molar-refractivity contribution in [2.24, 2.45) is 5.73 Å². The van der Waals surface area contributed by atoms with Crippen LogP contribution in [0, 0.1) is 31.6 Å². The number of aryl methyl sites for hydroxylation is 1. The van der Waals surface area contributed by atoms with Gasteiger partial charge in [-0.15, -0.1) is 0 Å². The maximum absolute atomic E-state index is 13.4. The number of pyridine rings is 1. The minimum absolute atomic E-state index is 0.108. The SMILES string of the molecule is Cc1cc2c(cc1S(=O)(=O)Nc1cccc(F)n1)oc(=O)n2[C@H](C)c1cccc(C#CCN)c1C. The van der Waals surface area contributed by atoms with Gasteiger partial charge in [0.1, 0.15) is 5.82 Å². The van der Waals surface area contributed by atoms with Gasteiger partial charge in [0.05, 0.1) is 23.0 Å². The van der Waals surface area contributed by atoms with Crippen LogP contribution in [0.15, 0.2) is 62.6 Å². The van der Waals surface area contributed by atoms with Crippen LogP contribution in [0.25, 0.3) is 11.1 Å². The number of hydrogen-bond acceptors (Lipinski definition) is 6. The van der Waals surface area contributed by atoms with E-state index in [1.165, 1.54) is 22.8 Å². The summed E-state index contributed by atoms with van der Waals surface area (Å²) in [6.07, 6.45) is 0. The quantitative estimate of drug-likeness (QED) is 0.324. The highest BCUT2D eigenvalue weighted by Gasteiger charge is 2.24. The molecule has 0 unspecified atom stereocenters. The molecule has 0 spiro atoms. The molecule has 0 amide bonds. The number of fused-ring (bicyclic) bond motifs is 1. The summed E-state index contributed by atoms with van der Waals surface area (Å²) in [6.45, 7) is 5.62. The Labute approximate surface area is 201 Å². The molecule has 2 aromatic heterocycles. The maximum Gasteiger partial charge on any atom is 0.420 e. The van der Waals surface area contributed by atoms with Crippen LogP contribution in [0.1, 0.15) is 35.2 Å². The molecule has 4 rings (SSSR count). The first-order valence-electron chi connectivity index (χ1n) is 10.7. The Morgan fingerprint density at radius 2 is 1.94 bits per heavy atom. The first-order chi connectivity index (χ1) is 16.6. The van der Waals surface area contributed by atoms with Gasteiger partial charge in [-0.1, -0.05) is 30.0 Å². The lowest BCUT2D eigenvalue weighted by Crippen LogP contribution is -2.20. The highest BCUT2D eigenvalue weighted by molar-refractivity contribution is 7.92. The molecular weight excluding hydrogens is 471 g/mol. The highest BCUT2D eigenvalue weighted by atomic mass is 32.2. The molecule has 10 heteroatoms. The topological polar surface area (TPSA) is 120 Å². The van der Waals surface area contributed by atoms with Crippen molar-refractivity contribution in [2.45, 2.75) is 31.7 Å². The summed E-state index contributed by atoms with van der Waals surface area (Å²) in [5.74, 6) is 4.27. The summed E-state index contributed by atoms with van der Waals surface area (Å²) in [5, 5.41) is 0. The van der Waals surface area contributed by atoms with Crippen LogP contribution in [0.2, 0.25) is 0 Å². The fourth-order valence-corrected chi connectivity index (χ4v) is 5.25. The predicted octanol–water partition coefficient (Wildman–Crippen LogP) is 3.47. The van der Waals surface area contributed by atoms with Gasteiger partial charge in [-0.3, -0.25) is 9.29 Å². The van der Waals surface area contributed by atoms with E-state index in [1.54, 1.807) is 13.0 Å². The predicted molar refractivity (Wildman–Crippen MR) is 131 cm³/mol. The van der Waals surface area contributed by atoms with Crippen molar-refractivity contribution in [3.05, 3.63) is 87.3 Å². The summed E-state index contributed by atoms with van der Waals surface area (Å²) >= 11 is 0. The van der Waals surface area contributed by atoms with E-state index in [2.05, 4.69) is 21.5 Å². The molecule has 180 valence electrons. The minimum atomic E-state index is -4.13. The summed E-state index contributed by atoms with van der Waals surface area (Å²) in [4.78, 5) is 16.3. The van der Waals surface area contributed by atoms with E-state index in [0.717, 1.165) is 22.8 Å². The Bertz CT molecular complexity index is 1660. The Morgan fingerprint density at radius 1 is 1.20 bits per heavy atom. The first-order valence-corrected chi connectivity index (χ1v) is 12.2. The molecule has 0 bridgehead atoms. The van der Waals surface area contributed by atoms with Crippen LogP contribution in [0.4, 0.5) is 10.2 Å². The van der Waals surface area contributed by atoms with Crippen molar-refractivity contribution in [1.29, 1.82) is 0 Å². The fraction of sp³-hybridized carbons (Fsp3) is 0.200. The van der Waals surface area contributed by atoms with E-state index in [0.29, 0.717) is 11.1 Å². The second-order valence-electron chi connectivity index (χ2n) is 7.98. The molecule has 8 nitrogen and oxygen atoms in total. The van der Waals surface area contributed by atoms with Gasteiger partial charge >= 0.3 is 5.76 Å². The van der Waals surface area contributed by atoms with Crippen LogP contribution in [-0.2, 0) is 10.0 Å². The van der Waals surface area contributed by atoms with E-state index in [9.17, 15) is 17.6 Å². The Morgan fingerprint density at radius 3 is 2.66 bits per heavy atom. The number of rotatable bonds is 5. The van der Waals surface area contributed by atoms with E-state index >= 15 is 0 Å². The van der Waals surface area contributed by atoms with Crippen LogP contribution in [0.3, 0.4) is 0 Å². The van der Waals surface area contributed by atoms with Crippen LogP contribution >= 0.6 is 0 Å². The number of aromatic nitrogens is 2. The molecule has 2 aromatic carbocycles. The summed E-state index contributed by atoms with van der Waals surface area (Å²) < 4.78 is 48.5. The average molecular weight is 495 g/mol. The van der Waals surface area contributed by atoms with E-state index in [4.69, 9.17) is 10.2 Å². The number of nitrogens with zero attached hydrogens (tertiary/aromatic N) is 2. The molecule has 0 saturated heterocycles. The number of anilines is 1. The van der Waals surface area contributed by atoms with Crippen molar-refractivity contribution < 1.29 is 17.2 Å². The van der Waals surface area contributed by atoms with Crippen molar-refractivity contribution in [3.8, 4) is 11.8 Å². The zero-order valence-electron chi connectivity index (χ0n) is 19.3. The number of sulfonamides is 1. The lowest BCUT2D eigenvalue weighted by Gasteiger charge is -2.17. The monoisotopic (exact) mass is 494 g/mol. The molecule has 0 fully saturated rings. The molecule has 0 aliphatic heterocycles. The Hall–Kier alpha value is -3.94. The van der Waals surface area contributed by atoms with Gasteiger partial charge in [0, 0.05) is 11.6 Å². The van der Waals surface area contributed by atoms with E-state index < -0.39 is 27.8 Å². The highest BCUT2D eigenvalue weighted by Crippen LogP contribution is 2.29. The maximum atomic E-state index is 13.4. The first kappa shape index (κ1) is 24.2. The van der Waals surface area contributed by atoms with Gasteiger partial charge in [0.2, 0.25) is 5.95 Å². The Kier molecular flexibility index (Phi) is 6.47. The normalized spacial score (nSPS) is 12.3. The molecule has 35 heavy (non-hydrogen) atoms. The number of oxazole rings is 1. The molecule has 0 aliphatic carbocycles. The van der Waals surface area contributed by atoms with Crippen molar-refractivity contribution in [1.82, 2.24) is 9.55 Å². The standard InChI is InChI=1S/C25H23FN4O4S/c1-15-13-20-21(14-22(15)35(32,33)29-24-11-5-10-23(26)28-24)34-25(31)30(20)17(3)19-9-4-7-18(16(19)2)8-6-12-27/h4-5,7,9-11,13-14,17H,12,27H2,1-3H3,(H,28,29)/t17-/m1/s1. The third kappa shape index (κ3) is 4.69. The molecule has 2 heterocycles. The van der Waals surface area contributed by atoms with Crippen LogP contribution in [0.5, 0.6) is 0 Å². The summed E-state index contributed by atoms with van der Waals surface area (Å²) in [7, 11) is -4.13. The molecule has 4 aromatic rings. The second kappa shape index (κ2) is 9.37. The number of benzene rings is 2. The summed E-state index contributed by atoms with van der Waals surface area (Å²) in [5.41, 5.74) is 9.00. The van der Waals surface area contributed by atoms with Gasteiger partial charge in [0.25, 0.3) is 10.0 Å². The molecule has 0 saturated carbocycles. The molecule has 1 atom stereocenters. The number of nitrogens with two attached hydrogens (primary N) is 1. The van der Waals surface area contributed by atoms with Gasteiger partial charge < -0.3 is 10.2 Å². The lowest BCUT2D eigenvalue weighted by molar-refractivity contribution is 0.489. The third-order valence-corrected chi connectivity index (χ3v) is 7.19. The van der Waals surface area contributed by atoms with E-state index in [1.807, 2.05) is 32.0 Å². The van der Waals surface area contributed by atoms with Gasteiger partial charge in [-0.05, 0) is 61.7 Å². The van der Waals surface area contributed by atoms with Crippen LogP contribution < -0.4 is 16.2 Å². The minimum Gasteiger partial charge on any atom is -0.408 e. The van der Waals surface area contributed by atoms with E-state index in [-0.39, 0.29) is 22.8 Å². The number of hydrogen-bond donors (Lipinski definition) is 2. The third-order valence-electron chi connectivity index (χ3n) is 5.69. The zero-order chi connectivity index (χ0) is 25.3. The lowest BCUT2D eigenvalue weighted by atomic mass is 9.97. The Balaban J connectivity index is 1.79. The van der Waals surface area contributed by atoms with Crippen molar-refractivity contribution >= 4 is 26.9 Å². The molecule has 0 radical (unpaired) electrons. The second-order valence-corrected chi connectivity index (χ2v) is 9.63. The largest absolute Gasteiger partial charge is 0.420 e. The smallest absolute Gasteiger partial charge is 0.408 e. The van der Waals surface area contributed by atoms with Gasteiger partial charge in [0.15, 0.2) is 5.58 Å². The zero-order valence-corrected chi connectivity index (χ0v) is 20.1. The van der Waals surface area contributed by atoms with Gasteiger partial charge in [-0.2, -0.15) is 4.39 Å². The summed E-state index contributed by atoms with van der Waals surface area (Å²) in [6, 6.07) is 11.9. The molecule has 0 aliphatic rings. The number of nitrogens with one attached hydrogen (secondary N) is 1. The average Bonchev–Trinajstić information content (AvgIpc) is 3.11. The van der Waals surface area contributed by atoms with Crippen molar-refractivity contribution in [3.63, 3.8) is 0 Å². The number of halogens is 1. The molecule has 3 N–H and O–H groups in total. The van der Waals surface area contributed by atoms with Gasteiger partial charge in [-0.25, -0.2) is 18.2 Å².